The van der Waals surface area contributed by atoms with Gasteiger partial charge >= 0.3 is 0 Å². The first-order chi connectivity index (χ1) is 15.5. The van der Waals surface area contributed by atoms with Gasteiger partial charge in [-0.2, -0.15) is 0 Å². The minimum atomic E-state index is 0.0559. The number of para-hydroxylation sites is 1. The Morgan fingerprint density at radius 2 is 1.81 bits per heavy atom. The van der Waals surface area contributed by atoms with Crippen LogP contribution >= 0.6 is 0 Å². The molecule has 1 unspecified atom stereocenters. The van der Waals surface area contributed by atoms with Gasteiger partial charge in [-0.3, -0.25) is 14.6 Å². The van der Waals surface area contributed by atoms with E-state index < -0.39 is 0 Å². The molecule has 8 nitrogen and oxygen atoms in total. The van der Waals surface area contributed by atoms with Crippen LogP contribution in [0, 0.1) is 5.92 Å². The lowest BCUT2D eigenvalue weighted by atomic mass is 10.1. The summed E-state index contributed by atoms with van der Waals surface area (Å²) in [5.41, 5.74) is 0. The standard InChI is InChI=1S/C24H39N3O5/c1-18(2)15-27-12-13-31-20(16-27)14-25-23(28)17-26-10-8-19(9-11-26)32-24-21(29-3)6-5-7-22(24)30-4/h5-7,18-20H,8-17H2,1-4H3,(H,25,28). The molecule has 8 heteroatoms. The van der Waals surface area contributed by atoms with E-state index in [1.54, 1.807) is 14.2 Å². The number of carbonyl (C=O) groups excluding carboxylic acids is 1. The predicted molar refractivity (Wildman–Crippen MR) is 124 cm³/mol. The highest BCUT2D eigenvalue weighted by atomic mass is 16.5. The number of hydrogen-bond donors (Lipinski definition) is 1. The molecular formula is C24H39N3O5. The molecule has 2 fully saturated rings. The molecule has 1 aromatic carbocycles. The number of nitrogens with zero attached hydrogens (tertiary/aromatic N) is 2. The van der Waals surface area contributed by atoms with Crippen LogP contribution in [0.3, 0.4) is 0 Å². The van der Waals surface area contributed by atoms with Gasteiger partial charge in [-0.25, -0.2) is 0 Å². The maximum atomic E-state index is 12.5. The maximum Gasteiger partial charge on any atom is 0.234 e. The molecule has 3 rings (SSSR count). The average Bonchev–Trinajstić information content (AvgIpc) is 2.79. The maximum absolute atomic E-state index is 12.5. The summed E-state index contributed by atoms with van der Waals surface area (Å²) < 4.78 is 22.9. The van der Waals surface area contributed by atoms with E-state index in [1.807, 2.05) is 18.2 Å². The van der Waals surface area contributed by atoms with Gasteiger partial charge in [-0.1, -0.05) is 19.9 Å². The van der Waals surface area contributed by atoms with Crippen molar-refractivity contribution in [1.29, 1.82) is 0 Å². The molecule has 0 radical (unpaired) electrons. The fourth-order valence-electron chi connectivity index (χ4n) is 4.36. The lowest BCUT2D eigenvalue weighted by Crippen LogP contribution is -2.50. The van der Waals surface area contributed by atoms with Crippen LogP contribution in [0.1, 0.15) is 26.7 Å². The molecule has 0 bridgehead atoms. The summed E-state index contributed by atoms with van der Waals surface area (Å²) in [5, 5.41) is 3.06. The van der Waals surface area contributed by atoms with E-state index in [9.17, 15) is 4.79 Å². The largest absolute Gasteiger partial charge is 0.493 e. The van der Waals surface area contributed by atoms with Crippen molar-refractivity contribution in [1.82, 2.24) is 15.1 Å². The number of hydrogen-bond acceptors (Lipinski definition) is 7. The summed E-state index contributed by atoms with van der Waals surface area (Å²) >= 11 is 0. The third-order valence-corrected chi connectivity index (χ3v) is 5.94. The number of benzene rings is 1. The summed E-state index contributed by atoms with van der Waals surface area (Å²) in [6.45, 7) is 10.7. The van der Waals surface area contributed by atoms with E-state index in [1.165, 1.54) is 0 Å². The van der Waals surface area contributed by atoms with Crippen LogP contribution in [0.2, 0.25) is 0 Å². The van der Waals surface area contributed by atoms with Gasteiger partial charge in [0.1, 0.15) is 6.10 Å². The highest BCUT2D eigenvalue weighted by Crippen LogP contribution is 2.38. The number of methoxy groups -OCH3 is 2. The number of rotatable bonds is 10. The number of amides is 1. The monoisotopic (exact) mass is 449 g/mol. The third-order valence-electron chi connectivity index (χ3n) is 5.94. The van der Waals surface area contributed by atoms with Crippen molar-refractivity contribution in [3.8, 4) is 17.2 Å². The van der Waals surface area contributed by atoms with Gasteiger partial charge in [0.05, 0.1) is 33.5 Å². The molecule has 0 aliphatic carbocycles. The van der Waals surface area contributed by atoms with E-state index in [2.05, 4.69) is 29.0 Å². The normalized spacial score (nSPS) is 20.8. The molecule has 180 valence electrons. The fourth-order valence-corrected chi connectivity index (χ4v) is 4.36. The lowest BCUT2D eigenvalue weighted by Gasteiger charge is -2.34. The zero-order valence-electron chi connectivity index (χ0n) is 20.0. The smallest absolute Gasteiger partial charge is 0.234 e. The van der Waals surface area contributed by atoms with Crippen LogP contribution in [0.5, 0.6) is 17.2 Å². The van der Waals surface area contributed by atoms with Gasteiger partial charge in [-0.05, 0) is 30.9 Å². The Hall–Kier alpha value is -2.03. The molecule has 32 heavy (non-hydrogen) atoms. The van der Waals surface area contributed by atoms with E-state index >= 15 is 0 Å². The van der Waals surface area contributed by atoms with Gasteiger partial charge < -0.3 is 24.3 Å². The number of morpholine rings is 1. The predicted octanol–water partition coefficient (Wildman–Crippen LogP) is 2.02. The molecule has 1 N–H and O–H groups in total. The number of nitrogens with one attached hydrogen (secondary N) is 1. The van der Waals surface area contributed by atoms with Crippen molar-refractivity contribution in [3.63, 3.8) is 0 Å². The number of carbonyl (C=O) groups is 1. The number of likely N-dealkylation sites (tertiary alicyclic amines) is 1. The zero-order chi connectivity index (χ0) is 22.9. The van der Waals surface area contributed by atoms with Crippen LogP contribution in [-0.2, 0) is 9.53 Å². The third kappa shape index (κ3) is 7.25. The van der Waals surface area contributed by atoms with E-state index in [0.717, 1.165) is 52.2 Å². The molecule has 2 aliphatic rings. The van der Waals surface area contributed by atoms with Crippen molar-refractivity contribution in [2.75, 3.05) is 66.6 Å². The minimum absolute atomic E-state index is 0.0559. The second kappa shape index (κ2) is 12.3. The second-order valence-corrected chi connectivity index (χ2v) is 9.04. The molecule has 2 aliphatic heterocycles. The van der Waals surface area contributed by atoms with Gasteiger partial charge in [0, 0.05) is 39.3 Å². The Labute approximate surface area is 192 Å². The van der Waals surface area contributed by atoms with Crippen molar-refractivity contribution in [2.24, 2.45) is 5.92 Å². The molecular weight excluding hydrogens is 410 g/mol. The Morgan fingerprint density at radius 1 is 1.12 bits per heavy atom. The molecule has 1 atom stereocenters. The average molecular weight is 450 g/mol. The van der Waals surface area contributed by atoms with Gasteiger partial charge in [-0.15, -0.1) is 0 Å². The van der Waals surface area contributed by atoms with Crippen molar-refractivity contribution in [3.05, 3.63) is 18.2 Å². The van der Waals surface area contributed by atoms with E-state index in [4.69, 9.17) is 18.9 Å². The molecule has 0 saturated carbocycles. The van der Waals surface area contributed by atoms with E-state index in [0.29, 0.717) is 36.3 Å². The number of ether oxygens (including phenoxy) is 4. The van der Waals surface area contributed by atoms with Gasteiger partial charge in [0.15, 0.2) is 11.5 Å². The summed E-state index contributed by atoms with van der Waals surface area (Å²) in [4.78, 5) is 17.1. The molecule has 0 spiro atoms. The second-order valence-electron chi connectivity index (χ2n) is 9.04. The molecule has 0 aromatic heterocycles. The highest BCUT2D eigenvalue weighted by Gasteiger charge is 2.25. The Balaban J connectivity index is 1.38. The topological polar surface area (TPSA) is 72.5 Å². The van der Waals surface area contributed by atoms with E-state index in [-0.39, 0.29) is 18.1 Å². The Kier molecular flexibility index (Phi) is 9.44. The minimum Gasteiger partial charge on any atom is -0.493 e. The summed E-state index contributed by atoms with van der Waals surface area (Å²) in [7, 11) is 3.26. The zero-order valence-corrected chi connectivity index (χ0v) is 20.0. The molecule has 2 heterocycles. The first-order valence-corrected chi connectivity index (χ1v) is 11.7. The lowest BCUT2D eigenvalue weighted by molar-refractivity contribution is -0.124. The fraction of sp³-hybridized carbons (Fsp3) is 0.708. The summed E-state index contributed by atoms with van der Waals surface area (Å²) in [6.07, 6.45) is 1.85. The summed E-state index contributed by atoms with van der Waals surface area (Å²) in [6, 6.07) is 5.62. The quantitative estimate of drug-likeness (QED) is 0.586. The van der Waals surface area contributed by atoms with Crippen LogP contribution in [0.25, 0.3) is 0 Å². The van der Waals surface area contributed by atoms with Crippen molar-refractivity contribution < 1.29 is 23.7 Å². The molecule has 2 saturated heterocycles. The van der Waals surface area contributed by atoms with Crippen LogP contribution in [-0.4, -0.2) is 94.6 Å². The van der Waals surface area contributed by atoms with Crippen LogP contribution < -0.4 is 19.5 Å². The van der Waals surface area contributed by atoms with Gasteiger partial charge in [0.2, 0.25) is 11.7 Å². The van der Waals surface area contributed by atoms with Crippen LogP contribution in [0.4, 0.5) is 0 Å². The van der Waals surface area contributed by atoms with Crippen LogP contribution in [0.15, 0.2) is 18.2 Å². The molecule has 1 amide bonds. The SMILES string of the molecule is COc1cccc(OC)c1OC1CCN(CC(=O)NCC2CN(CC(C)C)CCO2)CC1. The Morgan fingerprint density at radius 3 is 2.44 bits per heavy atom. The summed E-state index contributed by atoms with van der Waals surface area (Å²) in [5.74, 6) is 2.68. The Bertz CT molecular complexity index is 699. The van der Waals surface area contributed by atoms with Crippen molar-refractivity contribution in [2.45, 2.75) is 38.9 Å². The first kappa shape index (κ1) is 24.6. The van der Waals surface area contributed by atoms with Gasteiger partial charge in [0.25, 0.3) is 0 Å². The molecule has 1 aromatic rings. The van der Waals surface area contributed by atoms with Crippen molar-refractivity contribution >= 4 is 5.91 Å². The number of piperidine rings is 1. The first-order valence-electron chi connectivity index (χ1n) is 11.7. The highest BCUT2D eigenvalue weighted by molar-refractivity contribution is 5.78.